The zero-order valence-electron chi connectivity index (χ0n) is 18.6. The number of halogens is 1. The van der Waals surface area contributed by atoms with E-state index in [2.05, 4.69) is 36.7 Å². The first-order valence-electron chi connectivity index (χ1n) is 11.0. The van der Waals surface area contributed by atoms with Gasteiger partial charge >= 0.3 is 11.9 Å². The average Bonchev–Trinajstić information content (AvgIpc) is 3.00. The average molecular weight is 489 g/mol. The molecule has 8 heteroatoms. The number of carbonyl (C=O) groups is 2. The second-order valence-electron chi connectivity index (χ2n) is 9.95. The summed E-state index contributed by atoms with van der Waals surface area (Å²) in [4.78, 5) is 25.9. The van der Waals surface area contributed by atoms with Crippen LogP contribution in [-0.4, -0.2) is 54.3 Å². The molecule has 9 atom stereocenters. The molecule has 0 amide bonds. The molecule has 4 fully saturated rings. The topological polar surface area (TPSA) is 80.3 Å². The predicted molar refractivity (Wildman–Crippen MR) is 111 cm³/mol. The molecule has 4 aliphatic rings. The Kier molecular flexibility index (Phi) is 5.78. The summed E-state index contributed by atoms with van der Waals surface area (Å²) in [7, 11) is 1.46. The highest BCUT2D eigenvalue weighted by molar-refractivity contribution is 9.10. The van der Waals surface area contributed by atoms with Crippen LogP contribution < -0.4 is 0 Å². The highest BCUT2D eigenvalue weighted by Gasteiger charge is 2.96. The SMILES string of the molecule is CO[C@@H]1OC(=O)[C@]2(Br)[C@H]1[C@@]21C(=O)O[C@@H](O[C@@H]2C[C@H](C)CC[C@H]2C(C)C)[C@@H]1OC(C)C. The van der Waals surface area contributed by atoms with E-state index in [1.807, 2.05) is 13.8 Å². The van der Waals surface area contributed by atoms with Crippen molar-refractivity contribution in [2.24, 2.45) is 29.1 Å². The van der Waals surface area contributed by atoms with Gasteiger partial charge in [0.1, 0.15) is 11.5 Å². The van der Waals surface area contributed by atoms with Gasteiger partial charge in [0.25, 0.3) is 0 Å². The maximum Gasteiger partial charge on any atom is 0.327 e. The van der Waals surface area contributed by atoms with Crippen LogP contribution in [0.2, 0.25) is 0 Å². The smallest absolute Gasteiger partial charge is 0.327 e. The predicted octanol–water partition coefficient (Wildman–Crippen LogP) is 3.42. The van der Waals surface area contributed by atoms with Gasteiger partial charge < -0.3 is 23.7 Å². The summed E-state index contributed by atoms with van der Waals surface area (Å²) in [5.74, 6) is -0.0998. The Balaban J connectivity index is 1.64. The van der Waals surface area contributed by atoms with Gasteiger partial charge in [-0.3, -0.25) is 9.59 Å². The molecule has 0 unspecified atom stereocenters. The van der Waals surface area contributed by atoms with E-state index in [0.717, 1.165) is 12.8 Å². The van der Waals surface area contributed by atoms with Crippen LogP contribution in [0.15, 0.2) is 0 Å². The first-order valence-corrected chi connectivity index (χ1v) is 11.8. The molecular weight excluding hydrogens is 456 g/mol. The van der Waals surface area contributed by atoms with Crippen molar-refractivity contribution in [1.82, 2.24) is 0 Å². The number of methoxy groups -OCH3 is 1. The van der Waals surface area contributed by atoms with E-state index in [4.69, 9.17) is 23.7 Å². The summed E-state index contributed by atoms with van der Waals surface area (Å²) in [5, 5.41) is 0. The molecule has 0 aromatic rings. The maximum absolute atomic E-state index is 13.2. The second-order valence-corrected chi connectivity index (χ2v) is 11.2. The zero-order valence-corrected chi connectivity index (χ0v) is 20.1. The number of ether oxygens (including phenoxy) is 5. The van der Waals surface area contributed by atoms with Crippen molar-refractivity contribution in [3.63, 3.8) is 0 Å². The number of rotatable bonds is 6. The van der Waals surface area contributed by atoms with Gasteiger partial charge in [-0.05, 0) is 44.4 Å². The summed E-state index contributed by atoms with van der Waals surface area (Å²) < 4.78 is 27.9. The summed E-state index contributed by atoms with van der Waals surface area (Å²) >= 11 is 3.52. The van der Waals surface area contributed by atoms with E-state index >= 15 is 0 Å². The minimum atomic E-state index is -1.20. The lowest BCUT2D eigenvalue weighted by molar-refractivity contribution is -0.220. The third-order valence-electron chi connectivity index (χ3n) is 7.41. The summed E-state index contributed by atoms with van der Waals surface area (Å²) in [6.45, 7) is 10.4. The van der Waals surface area contributed by atoms with Gasteiger partial charge in [-0.15, -0.1) is 0 Å². The van der Waals surface area contributed by atoms with Gasteiger partial charge in [-0.2, -0.15) is 0 Å². The minimum absolute atomic E-state index is 0.0185. The molecule has 2 saturated carbocycles. The summed E-state index contributed by atoms with van der Waals surface area (Å²) in [6.07, 6.45) is 0.601. The van der Waals surface area contributed by atoms with Crippen LogP contribution in [0.5, 0.6) is 0 Å². The van der Waals surface area contributed by atoms with Gasteiger partial charge in [0.15, 0.2) is 4.32 Å². The fraction of sp³-hybridized carbons (Fsp3) is 0.909. The first-order chi connectivity index (χ1) is 14.1. The fourth-order valence-corrected chi connectivity index (χ4v) is 7.08. The van der Waals surface area contributed by atoms with Crippen molar-refractivity contribution < 1.29 is 33.3 Å². The quantitative estimate of drug-likeness (QED) is 0.418. The van der Waals surface area contributed by atoms with Gasteiger partial charge in [0.05, 0.1) is 18.1 Å². The molecule has 0 aromatic heterocycles. The Hall–Kier alpha value is -0.700. The van der Waals surface area contributed by atoms with Crippen LogP contribution in [0.25, 0.3) is 0 Å². The van der Waals surface area contributed by atoms with Crippen LogP contribution in [-0.2, 0) is 33.3 Å². The number of fused-ring (bicyclic) bond motifs is 3. The number of hydrogen-bond acceptors (Lipinski definition) is 7. The molecule has 4 rings (SSSR count). The van der Waals surface area contributed by atoms with E-state index in [1.54, 1.807) is 0 Å². The standard InChI is InChI=1S/C22H33BrO7/c1-10(2)13-8-7-12(5)9-14(13)28-18-16(27-11(3)4)21(19(24)30-18)15-17(26-6)29-20(25)22(15,21)23/h10-18H,7-9H2,1-6H3/t12-,13+,14-,15-,16+,17-,18-,21-,22-/m1/s1. The number of esters is 2. The first kappa shape index (κ1) is 22.5. The largest absolute Gasteiger partial charge is 0.434 e. The zero-order chi connectivity index (χ0) is 22.0. The van der Waals surface area contributed by atoms with Crippen molar-refractivity contribution in [3.05, 3.63) is 0 Å². The second kappa shape index (κ2) is 7.71. The van der Waals surface area contributed by atoms with Crippen LogP contribution in [0, 0.1) is 29.1 Å². The minimum Gasteiger partial charge on any atom is -0.434 e. The Bertz CT molecular complexity index is 712. The fourth-order valence-electron chi connectivity index (χ4n) is 5.89. The lowest BCUT2D eigenvalue weighted by Crippen LogP contribution is -2.46. The van der Waals surface area contributed by atoms with E-state index in [-0.39, 0.29) is 12.2 Å². The van der Waals surface area contributed by atoms with E-state index in [9.17, 15) is 9.59 Å². The third kappa shape index (κ3) is 3.00. The van der Waals surface area contributed by atoms with E-state index in [0.29, 0.717) is 17.8 Å². The lowest BCUT2D eigenvalue weighted by atomic mass is 9.75. The van der Waals surface area contributed by atoms with E-state index in [1.165, 1.54) is 13.5 Å². The summed E-state index contributed by atoms with van der Waals surface area (Å²) in [6, 6.07) is 0. The number of carbonyl (C=O) groups excluding carboxylic acids is 2. The molecule has 0 aromatic carbocycles. The molecule has 2 aliphatic heterocycles. The van der Waals surface area contributed by atoms with Gasteiger partial charge in [0.2, 0.25) is 12.6 Å². The Morgan fingerprint density at radius 2 is 1.73 bits per heavy atom. The van der Waals surface area contributed by atoms with Crippen LogP contribution in [0.3, 0.4) is 0 Å². The van der Waals surface area contributed by atoms with Crippen molar-refractivity contribution in [2.75, 3.05) is 7.11 Å². The number of cyclic esters (lactones) is 2. The molecule has 7 nitrogen and oxygen atoms in total. The van der Waals surface area contributed by atoms with Crippen molar-refractivity contribution in [3.8, 4) is 0 Å². The van der Waals surface area contributed by atoms with E-state index < -0.39 is 46.3 Å². The highest BCUT2D eigenvalue weighted by atomic mass is 79.9. The van der Waals surface area contributed by atoms with Crippen molar-refractivity contribution in [2.45, 2.75) is 89.1 Å². The Morgan fingerprint density at radius 1 is 1.07 bits per heavy atom. The molecule has 2 aliphatic carbocycles. The number of alkyl halides is 1. The molecule has 2 saturated heterocycles. The molecule has 0 N–H and O–H groups in total. The van der Waals surface area contributed by atoms with Gasteiger partial charge in [-0.1, -0.05) is 43.1 Å². The highest BCUT2D eigenvalue weighted by Crippen LogP contribution is 2.77. The molecule has 170 valence electrons. The molecular formula is C22H33BrO7. The van der Waals surface area contributed by atoms with Gasteiger partial charge in [0, 0.05) is 7.11 Å². The third-order valence-corrected chi connectivity index (χ3v) is 8.88. The molecule has 30 heavy (non-hydrogen) atoms. The normalized spacial score (nSPS) is 47.7. The summed E-state index contributed by atoms with van der Waals surface area (Å²) in [5.41, 5.74) is -1.20. The van der Waals surface area contributed by atoms with Crippen molar-refractivity contribution in [1.29, 1.82) is 0 Å². The van der Waals surface area contributed by atoms with Crippen LogP contribution >= 0.6 is 15.9 Å². The molecule has 0 radical (unpaired) electrons. The van der Waals surface area contributed by atoms with Crippen LogP contribution in [0.4, 0.5) is 0 Å². The van der Waals surface area contributed by atoms with Gasteiger partial charge in [-0.25, -0.2) is 0 Å². The maximum atomic E-state index is 13.2. The molecule has 1 spiro atoms. The molecule has 2 heterocycles. The molecule has 0 bridgehead atoms. The Labute approximate surface area is 186 Å². The number of hydrogen-bond donors (Lipinski definition) is 0. The monoisotopic (exact) mass is 488 g/mol. The van der Waals surface area contributed by atoms with Crippen molar-refractivity contribution >= 4 is 27.9 Å². The van der Waals surface area contributed by atoms with Crippen LogP contribution in [0.1, 0.15) is 53.9 Å². The lowest BCUT2D eigenvalue weighted by Gasteiger charge is -2.39. The Morgan fingerprint density at radius 3 is 2.33 bits per heavy atom.